The maximum Gasteiger partial charge on any atom is 0.303 e. The van der Waals surface area contributed by atoms with E-state index in [2.05, 4.69) is 5.32 Å². The maximum atomic E-state index is 11.9. The van der Waals surface area contributed by atoms with Crippen LogP contribution in [0.25, 0.3) is 0 Å². The van der Waals surface area contributed by atoms with Crippen molar-refractivity contribution in [2.24, 2.45) is 0 Å². The highest BCUT2D eigenvalue weighted by Gasteiger charge is 2.17. The lowest BCUT2D eigenvalue weighted by Crippen LogP contribution is -2.39. The van der Waals surface area contributed by atoms with Crippen molar-refractivity contribution in [3.8, 4) is 0 Å². The molecule has 21 heavy (non-hydrogen) atoms. The second kappa shape index (κ2) is 8.04. The van der Waals surface area contributed by atoms with Crippen LogP contribution in [-0.4, -0.2) is 41.4 Å². The number of nitrogens with one attached hydrogen (secondary N) is 1. The first-order valence-corrected chi connectivity index (χ1v) is 6.68. The fourth-order valence-electron chi connectivity index (χ4n) is 1.84. The van der Waals surface area contributed by atoms with Crippen molar-refractivity contribution in [2.45, 2.75) is 25.8 Å². The van der Waals surface area contributed by atoms with E-state index in [1.54, 1.807) is 0 Å². The summed E-state index contributed by atoms with van der Waals surface area (Å²) < 4.78 is 0. The Labute approximate surface area is 123 Å². The fraction of sp³-hybridized carbons (Fsp3) is 0.400. The van der Waals surface area contributed by atoms with E-state index in [4.69, 9.17) is 5.11 Å². The van der Waals surface area contributed by atoms with E-state index in [0.29, 0.717) is 6.42 Å². The first kappa shape index (κ1) is 16.7. The summed E-state index contributed by atoms with van der Waals surface area (Å²) in [5.41, 5.74) is 0.845. The van der Waals surface area contributed by atoms with Gasteiger partial charge in [0.15, 0.2) is 0 Å². The third kappa shape index (κ3) is 6.07. The Morgan fingerprint density at radius 2 is 1.86 bits per heavy atom. The van der Waals surface area contributed by atoms with Crippen LogP contribution in [0.3, 0.4) is 0 Å². The molecule has 0 heterocycles. The van der Waals surface area contributed by atoms with E-state index in [9.17, 15) is 14.4 Å². The van der Waals surface area contributed by atoms with E-state index in [1.165, 1.54) is 18.9 Å². The molecule has 2 N–H and O–H groups in total. The number of hydrogen-bond acceptors (Lipinski definition) is 3. The van der Waals surface area contributed by atoms with Crippen molar-refractivity contribution in [3.05, 3.63) is 35.9 Å². The molecular formula is C15H20N2O4. The number of carbonyl (C=O) groups is 3. The van der Waals surface area contributed by atoms with E-state index in [1.807, 2.05) is 30.3 Å². The minimum atomic E-state index is -0.911. The molecule has 0 bridgehead atoms. The Hall–Kier alpha value is -2.37. The monoisotopic (exact) mass is 292 g/mol. The molecule has 1 aromatic rings. The van der Waals surface area contributed by atoms with Crippen LogP contribution in [0.2, 0.25) is 0 Å². The van der Waals surface area contributed by atoms with Gasteiger partial charge in [-0.25, -0.2) is 0 Å². The highest BCUT2D eigenvalue weighted by atomic mass is 16.4. The number of benzene rings is 1. The van der Waals surface area contributed by atoms with Crippen LogP contribution >= 0.6 is 0 Å². The van der Waals surface area contributed by atoms with Gasteiger partial charge in [-0.3, -0.25) is 14.4 Å². The second-order valence-electron chi connectivity index (χ2n) is 4.84. The lowest BCUT2D eigenvalue weighted by atomic mass is 10.0. The summed E-state index contributed by atoms with van der Waals surface area (Å²) >= 11 is 0. The maximum absolute atomic E-state index is 11.9. The van der Waals surface area contributed by atoms with Gasteiger partial charge in [0.2, 0.25) is 11.8 Å². The van der Waals surface area contributed by atoms with Crippen molar-refractivity contribution in [1.29, 1.82) is 0 Å². The molecule has 0 saturated carbocycles. The Morgan fingerprint density at radius 3 is 2.38 bits per heavy atom. The summed E-state index contributed by atoms with van der Waals surface area (Å²) in [6.07, 6.45) is 0.261. The van der Waals surface area contributed by atoms with Crippen molar-refractivity contribution < 1.29 is 19.5 Å². The molecule has 1 aromatic carbocycles. The molecule has 2 amide bonds. The Balaban J connectivity index is 2.71. The SMILES string of the molecule is CC(=O)N(C)CC(=O)NC(CCC(=O)O)c1ccccc1. The average Bonchev–Trinajstić information content (AvgIpc) is 2.44. The Bertz CT molecular complexity index is 502. The molecule has 0 fully saturated rings. The number of aliphatic carboxylic acids is 1. The van der Waals surface area contributed by atoms with Crippen molar-refractivity contribution in [3.63, 3.8) is 0 Å². The lowest BCUT2D eigenvalue weighted by molar-refractivity contribution is -0.137. The van der Waals surface area contributed by atoms with E-state index in [-0.39, 0.29) is 30.8 Å². The van der Waals surface area contributed by atoms with Crippen LogP contribution in [0, 0.1) is 0 Å². The molecule has 1 unspecified atom stereocenters. The quantitative estimate of drug-likeness (QED) is 0.790. The predicted molar refractivity (Wildman–Crippen MR) is 77.5 cm³/mol. The molecule has 0 aliphatic carbocycles. The van der Waals surface area contributed by atoms with Crippen molar-refractivity contribution >= 4 is 17.8 Å². The van der Waals surface area contributed by atoms with Gasteiger partial charge in [0.05, 0.1) is 12.6 Å². The van der Waals surface area contributed by atoms with Gasteiger partial charge in [-0.2, -0.15) is 0 Å². The van der Waals surface area contributed by atoms with Gasteiger partial charge in [0.25, 0.3) is 0 Å². The fourth-order valence-corrected chi connectivity index (χ4v) is 1.84. The van der Waals surface area contributed by atoms with Crippen LogP contribution in [0.15, 0.2) is 30.3 Å². The Morgan fingerprint density at radius 1 is 1.24 bits per heavy atom. The molecule has 0 aliphatic rings. The molecule has 1 atom stereocenters. The third-order valence-corrected chi connectivity index (χ3v) is 3.10. The van der Waals surface area contributed by atoms with Crippen LogP contribution in [0.4, 0.5) is 0 Å². The molecule has 0 saturated heterocycles. The summed E-state index contributed by atoms with van der Waals surface area (Å²) in [5.74, 6) is -1.43. The summed E-state index contributed by atoms with van der Waals surface area (Å²) in [6, 6.07) is 8.80. The number of amides is 2. The molecule has 1 rings (SSSR count). The number of carboxylic acids is 1. The van der Waals surface area contributed by atoms with E-state index < -0.39 is 5.97 Å². The van der Waals surface area contributed by atoms with Gasteiger partial charge in [-0.1, -0.05) is 30.3 Å². The minimum absolute atomic E-state index is 0.0393. The largest absolute Gasteiger partial charge is 0.481 e. The smallest absolute Gasteiger partial charge is 0.303 e. The second-order valence-corrected chi connectivity index (χ2v) is 4.84. The summed E-state index contributed by atoms with van der Waals surface area (Å²) in [7, 11) is 1.54. The van der Waals surface area contributed by atoms with Crippen LogP contribution in [0.1, 0.15) is 31.4 Å². The number of likely N-dealkylation sites (N-methyl/N-ethyl adjacent to an activating group) is 1. The highest BCUT2D eigenvalue weighted by molar-refractivity contribution is 5.83. The topological polar surface area (TPSA) is 86.7 Å². The molecule has 0 aromatic heterocycles. The molecule has 0 radical (unpaired) electrons. The third-order valence-electron chi connectivity index (χ3n) is 3.10. The zero-order valence-electron chi connectivity index (χ0n) is 12.2. The molecular weight excluding hydrogens is 272 g/mol. The first-order chi connectivity index (χ1) is 9.90. The number of hydrogen-bond donors (Lipinski definition) is 2. The summed E-state index contributed by atoms with van der Waals surface area (Å²) in [5, 5.41) is 11.6. The number of nitrogens with zero attached hydrogens (tertiary/aromatic N) is 1. The lowest BCUT2D eigenvalue weighted by Gasteiger charge is -2.21. The van der Waals surface area contributed by atoms with Crippen LogP contribution in [0.5, 0.6) is 0 Å². The van der Waals surface area contributed by atoms with E-state index in [0.717, 1.165) is 5.56 Å². The van der Waals surface area contributed by atoms with Gasteiger partial charge >= 0.3 is 5.97 Å². The summed E-state index contributed by atoms with van der Waals surface area (Å²) in [4.78, 5) is 35.1. The summed E-state index contributed by atoms with van der Waals surface area (Å²) in [6.45, 7) is 1.33. The zero-order valence-corrected chi connectivity index (χ0v) is 12.2. The average molecular weight is 292 g/mol. The predicted octanol–water partition coefficient (Wildman–Crippen LogP) is 1.19. The van der Waals surface area contributed by atoms with Crippen LogP contribution < -0.4 is 5.32 Å². The van der Waals surface area contributed by atoms with Crippen molar-refractivity contribution in [2.75, 3.05) is 13.6 Å². The van der Waals surface area contributed by atoms with Gasteiger partial charge in [0, 0.05) is 20.4 Å². The van der Waals surface area contributed by atoms with Gasteiger partial charge in [-0.05, 0) is 12.0 Å². The van der Waals surface area contributed by atoms with Gasteiger partial charge in [-0.15, -0.1) is 0 Å². The Kier molecular flexibility index (Phi) is 6.39. The van der Waals surface area contributed by atoms with Crippen LogP contribution in [-0.2, 0) is 14.4 Å². The molecule has 6 nitrogen and oxygen atoms in total. The normalized spacial score (nSPS) is 11.5. The number of rotatable bonds is 7. The van der Waals surface area contributed by atoms with Gasteiger partial charge in [0.1, 0.15) is 0 Å². The molecule has 6 heteroatoms. The zero-order chi connectivity index (χ0) is 15.8. The van der Waals surface area contributed by atoms with E-state index >= 15 is 0 Å². The number of carbonyl (C=O) groups excluding carboxylic acids is 2. The minimum Gasteiger partial charge on any atom is -0.481 e. The van der Waals surface area contributed by atoms with Crippen molar-refractivity contribution in [1.82, 2.24) is 10.2 Å². The molecule has 114 valence electrons. The standard InChI is InChI=1S/C15H20N2O4/c1-11(18)17(2)10-14(19)16-13(8-9-15(20)21)12-6-4-3-5-7-12/h3-7,13H,8-10H2,1-2H3,(H,16,19)(H,20,21). The number of carboxylic acid groups (broad SMARTS) is 1. The first-order valence-electron chi connectivity index (χ1n) is 6.68. The molecule has 0 aliphatic heterocycles. The highest BCUT2D eigenvalue weighted by Crippen LogP contribution is 2.18. The van der Waals surface area contributed by atoms with Gasteiger partial charge < -0.3 is 15.3 Å². The molecule has 0 spiro atoms.